The number of hydrogen-bond acceptors (Lipinski definition) is 3. The van der Waals surface area contributed by atoms with Crippen molar-refractivity contribution in [2.24, 2.45) is 0 Å². The van der Waals surface area contributed by atoms with Crippen molar-refractivity contribution < 1.29 is 4.79 Å². The number of para-hydroxylation sites is 1. The Bertz CT molecular complexity index is 536. The molecule has 1 atom stereocenters. The molecule has 1 amide bonds. The quantitative estimate of drug-likeness (QED) is 0.878. The normalized spacial score (nSPS) is 12.1. The Balaban J connectivity index is 1.80. The van der Waals surface area contributed by atoms with Gasteiger partial charge in [-0.3, -0.25) is 4.79 Å². The first-order valence-electron chi connectivity index (χ1n) is 6.30. The largest absolute Gasteiger partial charge is 0.325 e. The van der Waals surface area contributed by atoms with E-state index in [2.05, 4.69) is 36.6 Å². The minimum atomic E-state index is -0.0219. The van der Waals surface area contributed by atoms with Gasteiger partial charge in [0.1, 0.15) is 0 Å². The Morgan fingerprint density at radius 3 is 2.58 bits per heavy atom. The van der Waals surface area contributed by atoms with E-state index in [1.807, 2.05) is 30.3 Å². The second-order valence-corrected chi connectivity index (χ2v) is 5.78. The highest BCUT2D eigenvalue weighted by Crippen LogP contribution is 2.21. The highest BCUT2D eigenvalue weighted by molar-refractivity contribution is 7.12. The Hall–Kier alpha value is -1.65. The fourth-order valence-electron chi connectivity index (χ4n) is 1.76. The highest BCUT2D eigenvalue weighted by Gasteiger charge is 2.09. The Kier molecular flexibility index (Phi) is 4.71. The van der Waals surface area contributed by atoms with E-state index in [1.165, 1.54) is 9.75 Å². The van der Waals surface area contributed by atoms with Crippen LogP contribution in [0.2, 0.25) is 0 Å². The van der Waals surface area contributed by atoms with Gasteiger partial charge in [-0.05, 0) is 38.1 Å². The van der Waals surface area contributed by atoms with Crippen LogP contribution in [0.25, 0.3) is 0 Å². The van der Waals surface area contributed by atoms with Crippen LogP contribution in [-0.4, -0.2) is 12.5 Å². The van der Waals surface area contributed by atoms with Crippen molar-refractivity contribution in [1.82, 2.24) is 5.32 Å². The number of carbonyl (C=O) groups is 1. The number of amides is 1. The van der Waals surface area contributed by atoms with Crippen molar-refractivity contribution in [3.63, 3.8) is 0 Å². The van der Waals surface area contributed by atoms with Crippen molar-refractivity contribution in [2.45, 2.75) is 19.9 Å². The predicted molar refractivity (Wildman–Crippen MR) is 80.5 cm³/mol. The summed E-state index contributed by atoms with van der Waals surface area (Å²) < 4.78 is 0. The first-order chi connectivity index (χ1) is 9.15. The van der Waals surface area contributed by atoms with Gasteiger partial charge >= 0.3 is 0 Å². The van der Waals surface area contributed by atoms with Crippen LogP contribution in [-0.2, 0) is 4.79 Å². The number of rotatable bonds is 5. The van der Waals surface area contributed by atoms with Crippen LogP contribution in [0.1, 0.15) is 22.7 Å². The number of carbonyl (C=O) groups excluding carboxylic acids is 1. The average Bonchev–Trinajstić information content (AvgIpc) is 2.84. The second kappa shape index (κ2) is 6.50. The molecule has 2 N–H and O–H groups in total. The minimum absolute atomic E-state index is 0.0219. The van der Waals surface area contributed by atoms with E-state index in [0.29, 0.717) is 6.54 Å². The summed E-state index contributed by atoms with van der Waals surface area (Å²) in [5, 5.41) is 6.09. The molecule has 0 radical (unpaired) electrons. The maximum atomic E-state index is 11.8. The zero-order valence-electron chi connectivity index (χ0n) is 11.1. The topological polar surface area (TPSA) is 41.1 Å². The molecule has 1 unspecified atom stereocenters. The van der Waals surface area contributed by atoms with Gasteiger partial charge in [-0.25, -0.2) is 0 Å². The summed E-state index contributed by atoms with van der Waals surface area (Å²) in [4.78, 5) is 14.3. The standard InChI is InChI=1S/C15H18N2OS/c1-11-8-9-14(19-11)12(2)16-10-15(18)17-13-6-4-3-5-7-13/h3-9,12,16H,10H2,1-2H3,(H,17,18). The van der Waals surface area contributed by atoms with Gasteiger partial charge in [0, 0.05) is 21.5 Å². The molecule has 1 aromatic heterocycles. The smallest absolute Gasteiger partial charge is 0.238 e. The molecule has 2 aromatic rings. The first kappa shape index (κ1) is 13.8. The van der Waals surface area contributed by atoms with Gasteiger partial charge in [-0.15, -0.1) is 11.3 Å². The monoisotopic (exact) mass is 274 g/mol. The maximum Gasteiger partial charge on any atom is 0.238 e. The Labute approximate surface area is 117 Å². The summed E-state index contributed by atoms with van der Waals surface area (Å²) in [5.74, 6) is -0.0219. The molecule has 0 bridgehead atoms. The molecule has 0 fully saturated rings. The maximum absolute atomic E-state index is 11.8. The zero-order valence-corrected chi connectivity index (χ0v) is 12.0. The SMILES string of the molecule is Cc1ccc(C(C)NCC(=O)Nc2ccccc2)s1. The lowest BCUT2D eigenvalue weighted by Gasteiger charge is -2.12. The number of thiophene rings is 1. The summed E-state index contributed by atoms with van der Waals surface area (Å²) in [6.07, 6.45) is 0. The van der Waals surface area contributed by atoms with E-state index in [4.69, 9.17) is 0 Å². The third-order valence-electron chi connectivity index (χ3n) is 2.81. The lowest BCUT2D eigenvalue weighted by Crippen LogP contribution is -2.29. The van der Waals surface area contributed by atoms with Gasteiger partial charge in [0.05, 0.1) is 6.54 Å². The summed E-state index contributed by atoms with van der Waals surface area (Å²) in [7, 11) is 0. The van der Waals surface area contributed by atoms with Crippen LogP contribution in [0.3, 0.4) is 0 Å². The summed E-state index contributed by atoms with van der Waals surface area (Å²) in [5.41, 5.74) is 0.828. The second-order valence-electron chi connectivity index (χ2n) is 4.47. The van der Waals surface area contributed by atoms with Gasteiger partial charge in [-0.2, -0.15) is 0 Å². The number of nitrogens with one attached hydrogen (secondary N) is 2. The molecule has 19 heavy (non-hydrogen) atoms. The summed E-state index contributed by atoms with van der Waals surface area (Å²) in [6, 6.07) is 13.9. The molecule has 0 aliphatic rings. The fourth-order valence-corrected chi connectivity index (χ4v) is 2.66. The first-order valence-corrected chi connectivity index (χ1v) is 7.11. The number of aryl methyl sites for hydroxylation is 1. The van der Waals surface area contributed by atoms with Gasteiger partial charge in [0.15, 0.2) is 0 Å². The molecule has 1 heterocycles. The van der Waals surface area contributed by atoms with E-state index in [-0.39, 0.29) is 11.9 Å². The van der Waals surface area contributed by atoms with Crippen LogP contribution in [0, 0.1) is 6.92 Å². The van der Waals surface area contributed by atoms with Gasteiger partial charge < -0.3 is 10.6 Å². The lowest BCUT2D eigenvalue weighted by molar-refractivity contribution is -0.115. The molecule has 0 spiro atoms. The molecular formula is C15H18N2OS. The highest BCUT2D eigenvalue weighted by atomic mass is 32.1. The van der Waals surface area contributed by atoms with Crippen molar-refractivity contribution >= 4 is 22.9 Å². The Morgan fingerprint density at radius 2 is 1.95 bits per heavy atom. The van der Waals surface area contributed by atoms with E-state index in [0.717, 1.165) is 5.69 Å². The van der Waals surface area contributed by atoms with Crippen LogP contribution in [0.5, 0.6) is 0 Å². The molecule has 3 nitrogen and oxygen atoms in total. The number of benzene rings is 1. The lowest BCUT2D eigenvalue weighted by atomic mass is 10.2. The molecule has 100 valence electrons. The average molecular weight is 274 g/mol. The molecule has 4 heteroatoms. The van der Waals surface area contributed by atoms with E-state index >= 15 is 0 Å². The van der Waals surface area contributed by atoms with E-state index in [1.54, 1.807) is 11.3 Å². The van der Waals surface area contributed by atoms with Crippen LogP contribution in [0.15, 0.2) is 42.5 Å². The van der Waals surface area contributed by atoms with Gasteiger partial charge in [0.25, 0.3) is 0 Å². The van der Waals surface area contributed by atoms with Crippen molar-refractivity contribution in [3.8, 4) is 0 Å². The van der Waals surface area contributed by atoms with Gasteiger partial charge in [0.2, 0.25) is 5.91 Å². The zero-order chi connectivity index (χ0) is 13.7. The molecule has 0 saturated carbocycles. The molecule has 1 aromatic carbocycles. The van der Waals surface area contributed by atoms with Crippen LogP contribution >= 0.6 is 11.3 Å². The van der Waals surface area contributed by atoms with Crippen LogP contribution < -0.4 is 10.6 Å². The van der Waals surface area contributed by atoms with Crippen molar-refractivity contribution in [3.05, 3.63) is 52.2 Å². The third-order valence-corrected chi connectivity index (χ3v) is 4.00. The van der Waals surface area contributed by atoms with Gasteiger partial charge in [-0.1, -0.05) is 18.2 Å². The van der Waals surface area contributed by atoms with E-state index in [9.17, 15) is 4.79 Å². The Morgan fingerprint density at radius 1 is 1.21 bits per heavy atom. The van der Waals surface area contributed by atoms with Crippen LogP contribution in [0.4, 0.5) is 5.69 Å². The predicted octanol–water partition coefficient (Wildman–Crippen LogP) is 3.35. The molecular weight excluding hydrogens is 256 g/mol. The molecule has 2 rings (SSSR count). The third kappa shape index (κ3) is 4.19. The summed E-state index contributed by atoms with van der Waals surface area (Å²) >= 11 is 1.76. The van der Waals surface area contributed by atoms with E-state index < -0.39 is 0 Å². The fraction of sp³-hybridized carbons (Fsp3) is 0.267. The minimum Gasteiger partial charge on any atom is -0.325 e. The van der Waals surface area contributed by atoms with Crippen molar-refractivity contribution in [1.29, 1.82) is 0 Å². The van der Waals surface area contributed by atoms with Crippen molar-refractivity contribution in [2.75, 3.05) is 11.9 Å². The molecule has 0 saturated heterocycles. The molecule has 0 aliphatic carbocycles. The summed E-state index contributed by atoms with van der Waals surface area (Å²) in [6.45, 7) is 4.47. The molecule has 0 aliphatic heterocycles. The number of hydrogen-bond donors (Lipinski definition) is 2. The number of anilines is 1.